The van der Waals surface area contributed by atoms with Gasteiger partial charge in [0.15, 0.2) is 5.75 Å². The third-order valence-electron chi connectivity index (χ3n) is 3.19. The van der Waals surface area contributed by atoms with Gasteiger partial charge in [-0.25, -0.2) is 0 Å². The highest BCUT2D eigenvalue weighted by Gasteiger charge is 2.16. The number of rotatable bonds is 1. The van der Waals surface area contributed by atoms with E-state index in [0.717, 1.165) is 6.07 Å². The Bertz CT molecular complexity index is 946. The average molecular weight is 338 g/mol. The van der Waals surface area contributed by atoms with E-state index in [-0.39, 0.29) is 22.3 Å². The van der Waals surface area contributed by atoms with Crippen molar-refractivity contribution in [1.82, 2.24) is 4.98 Å². The van der Waals surface area contributed by atoms with Crippen molar-refractivity contribution in [2.75, 3.05) is 0 Å². The van der Waals surface area contributed by atoms with E-state index in [1.807, 2.05) is 0 Å². The first-order chi connectivity index (χ1) is 10.4. The summed E-state index contributed by atoms with van der Waals surface area (Å²) in [5, 5.41) is 30.0. The maximum absolute atomic E-state index is 12.2. The molecule has 0 atom stereocenters. The van der Waals surface area contributed by atoms with Crippen LogP contribution in [-0.4, -0.2) is 20.3 Å². The minimum Gasteiger partial charge on any atom is -0.508 e. The zero-order valence-electron chi connectivity index (χ0n) is 10.9. The molecule has 3 rings (SSSR count). The SMILES string of the molecule is O=c1c(O)c(-c2cc(Cl)cc(Cl)c2)[nH]c2cc(O)cc(O)c12. The minimum absolute atomic E-state index is 0.0897. The first kappa shape index (κ1) is 14.6. The molecule has 0 radical (unpaired) electrons. The summed E-state index contributed by atoms with van der Waals surface area (Å²) in [6.07, 6.45) is 0. The van der Waals surface area contributed by atoms with E-state index in [2.05, 4.69) is 4.98 Å². The van der Waals surface area contributed by atoms with Gasteiger partial charge in [-0.05, 0) is 18.2 Å². The van der Waals surface area contributed by atoms with Gasteiger partial charge in [0.2, 0.25) is 5.43 Å². The van der Waals surface area contributed by atoms with Crippen LogP contribution in [0.15, 0.2) is 35.1 Å². The van der Waals surface area contributed by atoms with Crippen LogP contribution in [0.3, 0.4) is 0 Å². The predicted octanol–water partition coefficient (Wildman–Crippen LogP) is 3.62. The van der Waals surface area contributed by atoms with Gasteiger partial charge in [0.05, 0.1) is 16.6 Å². The number of H-pyrrole nitrogens is 1. The molecule has 0 aliphatic rings. The van der Waals surface area contributed by atoms with E-state index < -0.39 is 16.9 Å². The summed E-state index contributed by atoms with van der Waals surface area (Å²) in [5.74, 6) is -1.23. The molecular formula is C15H9Cl2NO4. The van der Waals surface area contributed by atoms with Crippen LogP contribution < -0.4 is 5.43 Å². The second kappa shape index (κ2) is 5.12. The van der Waals surface area contributed by atoms with Gasteiger partial charge in [0, 0.05) is 27.7 Å². The Morgan fingerprint density at radius 1 is 0.909 bits per heavy atom. The Labute approximate surface area is 134 Å². The van der Waals surface area contributed by atoms with Gasteiger partial charge in [-0.3, -0.25) is 4.79 Å². The number of nitrogens with one attached hydrogen (secondary N) is 1. The van der Waals surface area contributed by atoms with E-state index >= 15 is 0 Å². The number of phenolic OH excluding ortho intramolecular Hbond substituents is 2. The van der Waals surface area contributed by atoms with Crippen molar-refractivity contribution in [2.45, 2.75) is 0 Å². The number of halogens is 2. The van der Waals surface area contributed by atoms with E-state index in [1.165, 1.54) is 24.3 Å². The number of hydrogen-bond donors (Lipinski definition) is 4. The highest BCUT2D eigenvalue weighted by atomic mass is 35.5. The third kappa shape index (κ3) is 2.34. The number of phenols is 2. The van der Waals surface area contributed by atoms with Crippen LogP contribution in [0.4, 0.5) is 0 Å². The minimum atomic E-state index is -0.766. The van der Waals surface area contributed by atoms with Gasteiger partial charge in [0.25, 0.3) is 0 Å². The molecule has 0 fully saturated rings. The molecule has 0 aliphatic heterocycles. The summed E-state index contributed by atoms with van der Waals surface area (Å²) in [6, 6.07) is 6.85. The summed E-state index contributed by atoms with van der Waals surface area (Å²) in [4.78, 5) is 15.0. The molecule has 7 heteroatoms. The first-order valence-corrected chi connectivity index (χ1v) is 6.90. The number of pyridine rings is 1. The molecule has 2 aromatic carbocycles. The molecule has 0 unspecified atom stereocenters. The van der Waals surface area contributed by atoms with Crippen LogP contribution >= 0.6 is 23.2 Å². The van der Waals surface area contributed by atoms with E-state index in [4.69, 9.17) is 23.2 Å². The quantitative estimate of drug-likeness (QED) is 0.545. The molecule has 0 amide bonds. The van der Waals surface area contributed by atoms with Crippen molar-refractivity contribution in [2.24, 2.45) is 0 Å². The summed E-state index contributed by atoms with van der Waals surface area (Å²) in [7, 11) is 0. The zero-order chi connectivity index (χ0) is 16.0. The smallest absolute Gasteiger partial charge is 0.235 e. The third-order valence-corrected chi connectivity index (χ3v) is 3.63. The van der Waals surface area contributed by atoms with Crippen molar-refractivity contribution < 1.29 is 15.3 Å². The lowest BCUT2D eigenvalue weighted by Gasteiger charge is -2.09. The fraction of sp³-hybridized carbons (Fsp3) is 0. The van der Waals surface area contributed by atoms with Crippen LogP contribution in [0.2, 0.25) is 10.0 Å². The van der Waals surface area contributed by atoms with Crippen molar-refractivity contribution in [3.8, 4) is 28.5 Å². The Balaban J connectivity index is 2.40. The van der Waals surface area contributed by atoms with Crippen molar-refractivity contribution in [1.29, 1.82) is 0 Å². The number of aromatic hydroxyl groups is 3. The molecule has 1 aromatic heterocycles. The summed E-state index contributed by atoms with van der Waals surface area (Å²) >= 11 is 11.8. The maximum Gasteiger partial charge on any atom is 0.235 e. The monoisotopic (exact) mass is 337 g/mol. The number of aromatic nitrogens is 1. The molecule has 0 spiro atoms. The molecule has 1 heterocycles. The topological polar surface area (TPSA) is 93.5 Å². The first-order valence-electron chi connectivity index (χ1n) is 6.14. The van der Waals surface area contributed by atoms with Gasteiger partial charge in [-0.2, -0.15) is 0 Å². The number of fused-ring (bicyclic) bond motifs is 1. The standard InChI is InChI=1S/C15H9Cl2NO4/c16-7-1-6(2-8(17)3-7)13-15(22)14(21)12-10(18-13)4-9(19)5-11(12)20/h1-5,19-20,22H,(H,18,21). The lowest BCUT2D eigenvalue weighted by molar-refractivity contribution is 0.452. The highest BCUT2D eigenvalue weighted by Crippen LogP contribution is 2.34. The Hall–Kier alpha value is -2.37. The maximum atomic E-state index is 12.2. The molecule has 0 bridgehead atoms. The van der Waals surface area contributed by atoms with Crippen LogP contribution in [0, 0.1) is 0 Å². The van der Waals surface area contributed by atoms with E-state index in [9.17, 15) is 20.1 Å². The molecule has 3 aromatic rings. The van der Waals surface area contributed by atoms with Gasteiger partial charge in [-0.1, -0.05) is 23.2 Å². The van der Waals surface area contributed by atoms with Crippen molar-refractivity contribution in [3.63, 3.8) is 0 Å². The molecular weight excluding hydrogens is 329 g/mol. The number of aromatic amines is 1. The molecule has 5 nitrogen and oxygen atoms in total. The van der Waals surface area contributed by atoms with Gasteiger partial charge >= 0.3 is 0 Å². The Kier molecular flexibility index (Phi) is 3.39. The molecule has 0 saturated heterocycles. The average Bonchev–Trinajstić information content (AvgIpc) is 2.40. The summed E-state index contributed by atoms with van der Waals surface area (Å²) in [5.41, 5.74) is -0.104. The molecule has 0 aliphatic carbocycles. The molecule has 4 N–H and O–H groups in total. The lowest BCUT2D eigenvalue weighted by atomic mass is 10.1. The number of benzene rings is 2. The Morgan fingerprint density at radius 3 is 2.18 bits per heavy atom. The lowest BCUT2D eigenvalue weighted by Crippen LogP contribution is -2.05. The van der Waals surface area contributed by atoms with E-state index in [0.29, 0.717) is 15.6 Å². The Morgan fingerprint density at radius 2 is 1.55 bits per heavy atom. The van der Waals surface area contributed by atoms with Crippen LogP contribution in [0.1, 0.15) is 0 Å². The summed E-state index contributed by atoms with van der Waals surface area (Å²) < 4.78 is 0. The van der Waals surface area contributed by atoms with Gasteiger partial charge in [0.1, 0.15) is 11.5 Å². The van der Waals surface area contributed by atoms with Gasteiger partial charge < -0.3 is 20.3 Å². The second-order valence-electron chi connectivity index (χ2n) is 4.72. The zero-order valence-corrected chi connectivity index (χ0v) is 12.4. The fourth-order valence-corrected chi connectivity index (χ4v) is 2.81. The molecule has 0 saturated carbocycles. The second-order valence-corrected chi connectivity index (χ2v) is 5.60. The summed E-state index contributed by atoms with van der Waals surface area (Å²) in [6.45, 7) is 0. The fourth-order valence-electron chi connectivity index (χ4n) is 2.28. The van der Waals surface area contributed by atoms with Crippen LogP contribution in [-0.2, 0) is 0 Å². The van der Waals surface area contributed by atoms with Gasteiger partial charge in [-0.15, -0.1) is 0 Å². The predicted molar refractivity (Wildman–Crippen MR) is 85.0 cm³/mol. The van der Waals surface area contributed by atoms with E-state index in [1.54, 1.807) is 0 Å². The highest BCUT2D eigenvalue weighted by molar-refractivity contribution is 6.35. The normalized spacial score (nSPS) is 11.0. The molecule has 112 valence electrons. The number of hydrogen-bond acceptors (Lipinski definition) is 4. The van der Waals surface area contributed by atoms with Crippen molar-refractivity contribution in [3.05, 3.63) is 50.6 Å². The van der Waals surface area contributed by atoms with Crippen LogP contribution in [0.25, 0.3) is 22.2 Å². The molecule has 22 heavy (non-hydrogen) atoms. The largest absolute Gasteiger partial charge is 0.508 e. The van der Waals surface area contributed by atoms with Crippen LogP contribution in [0.5, 0.6) is 17.2 Å². The van der Waals surface area contributed by atoms with Crippen molar-refractivity contribution >= 4 is 34.1 Å².